The summed E-state index contributed by atoms with van der Waals surface area (Å²) in [6.45, 7) is 1.74. The molecule has 1 aromatic heterocycles. The van der Waals surface area contributed by atoms with E-state index in [4.69, 9.17) is 0 Å². The minimum Gasteiger partial charge on any atom is -0.357 e. The molecule has 0 saturated heterocycles. The van der Waals surface area contributed by atoms with E-state index < -0.39 is 0 Å². The van der Waals surface area contributed by atoms with Gasteiger partial charge in [-0.3, -0.25) is 4.79 Å². The Morgan fingerprint density at radius 2 is 2.00 bits per heavy atom. The summed E-state index contributed by atoms with van der Waals surface area (Å²) in [7, 11) is 0. The Morgan fingerprint density at radius 3 is 2.61 bits per heavy atom. The van der Waals surface area contributed by atoms with Crippen LogP contribution in [-0.2, 0) is 0 Å². The van der Waals surface area contributed by atoms with Crippen molar-refractivity contribution in [1.82, 2.24) is 10.4 Å². The third kappa shape index (κ3) is 2.82. The second-order valence-electron chi connectivity index (χ2n) is 3.73. The van der Waals surface area contributed by atoms with E-state index in [1.54, 1.807) is 37.4 Å². The van der Waals surface area contributed by atoms with Crippen molar-refractivity contribution in [1.29, 1.82) is 0 Å². The molecule has 92 valence electrons. The van der Waals surface area contributed by atoms with Crippen molar-refractivity contribution in [2.45, 2.75) is 6.92 Å². The average Bonchev–Trinajstić information content (AvgIpc) is 2.90. The van der Waals surface area contributed by atoms with Crippen molar-refractivity contribution in [2.75, 3.05) is 0 Å². The molecule has 5 heteroatoms. The molecule has 0 saturated carbocycles. The Hall–Kier alpha value is -2.43. The number of hydrogen-bond donors (Lipinski definition) is 2. The number of benzene rings is 1. The minimum atomic E-state index is -0.318. The number of amides is 1. The Bertz CT molecular complexity index is 558. The Morgan fingerprint density at radius 1 is 1.28 bits per heavy atom. The van der Waals surface area contributed by atoms with Crippen LogP contribution in [0.4, 0.5) is 4.39 Å². The Kier molecular flexibility index (Phi) is 3.52. The van der Waals surface area contributed by atoms with E-state index in [0.717, 1.165) is 5.56 Å². The third-order valence-electron chi connectivity index (χ3n) is 2.43. The molecule has 2 rings (SSSR count). The lowest BCUT2D eigenvalue weighted by atomic mass is 10.1. The van der Waals surface area contributed by atoms with Crippen LogP contribution in [0.1, 0.15) is 23.0 Å². The Balaban J connectivity index is 2.05. The van der Waals surface area contributed by atoms with E-state index >= 15 is 0 Å². The first-order valence-electron chi connectivity index (χ1n) is 5.41. The van der Waals surface area contributed by atoms with Gasteiger partial charge in [-0.2, -0.15) is 5.10 Å². The maximum Gasteiger partial charge on any atom is 0.287 e. The van der Waals surface area contributed by atoms with E-state index in [2.05, 4.69) is 15.5 Å². The quantitative estimate of drug-likeness (QED) is 0.632. The van der Waals surface area contributed by atoms with E-state index in [9.17, 15) is 9.18 Å². The summed E-state index contributed by atoms with van der Waals surface area (Å²) < 4.78 is 12.7. The molecule has 0 aliphatic heterocycles. The summed E-state index contributed by atoms with van der Waals surface area (Å²) >= 11 is 0. The Labute approximate surface area is 104 Å². The summed E-state index contributed by atoms with van der Waals surface area (Å²) in [5.41, 5.74) is 4.22. The standard InChI is InChI=1S/C13H12FN3O/c1-9(10-4-6-11(14)7-5-10)16-17-13(18)12-3-2-8-15-12/h2-8,15H,1H3,(H,17,18)/b16-9-. The summed E-state index contributed by atoms with van der Waals surface area (Å²) in [6, 6.07) is 9.29. The van der Waals surface area contributed by atoms with E-state index in [0.29, 0.717) is 11.4 Å². The number of nitrogens with zero attached hydrogens (tertiary/aromatic N) is 1. The van der Waals surface area contributed by atoms with Crippen molar-refractivity contribution in [3.63, 3.8) is 0 Å². The highest BCUT2D eigenvalue weighted by molar-refractivity contribution is 6.00. The molecule has 0 bridgehead atoms. The van der Waals surface area contributed by atoms with Gasteiger partial charge in [0.15, 0.2) is 0 Å². The molecular weight excluding hydrogens is 233 g/mol. The zero-order valence-corrected chi connectivity index (χ0v) is 9.77. The van der Waals surface area contributed by atoms with Gasteiger partial charge in [-0.1, -0.05) is 12.1 Å². The van der Waals surface area contributed by atoms with Crippen LogP contribution < -0.4 is 5.43 Å². The van der Waals surface area contributed by atoms with Gasteiger partial charge >= 0.3 is 0 Å². The monoisotopic (exact) mass is 245 g/mol. The van der Waals surface area contributed by atoms with Crippen molar-refractivity contribution in [3.8, 4) is 0 Å². The lowest BCUT2D eigenvalue weighted by Crippen LogP contribution is -2.19. The molecule has 0 radical (unpaired) electrons. The van der Waals surface area contributed by atoms with Gasteiger partial charge in [-0.25, -0.2) is 9.82 Å². The van der Waals surface area contributed by atoms with Gasteiger partial charge in [-0.05, 0) is 36.8 Å². The molecule has 1 heterocycles. The molecule has 0 fully saturated rings. The van der Waals surface area contributed by atoms with Crippen LogP contribution in [0.15, 0.2) is 47.7 Å². The van der Waals surface area contributed by atoms with Crippen LogP contribution in [0.2, 0.25) is 0 Å². The van der Waals surface area contributed by atoms with E-state index in [1.165, 1.54) is 12.1 Å². The van der Waals surface area contributed by atoms with Crippen molar-refractivity contribution >= 4 is 11.6 Å². The zero-order chi connectivity index (χ0) is 13.0. The maximum atomic E-state index is 12.7. The summed E-state index contributed by atoms with van der Waals surface area (Å²) in [6.07, 6.45) is 1.66. The fourth-order valence-electron chi connectivity index (χ4n) is 1.42. The molecule has 2 N–H and O–H groups in total. The van der Waals surface area contributed by atoms with Gasteiger partial charge in [0, 0.05) is 6.20 Å². The molecule has 0 aliphatic carbocycles. The molecule has 1 amide bonds. The number of aromatic nitrogens is 1. The van der Waals surface area contributed by atoms with Gasteiger partial charge in [0.2, 0.25) is 0 Å². The highest BCUT2D eigenvalue weighted by Gasteiger charge is 2.04. The van der Waals surface area contributed by atoms with Gasteiger partial charge in [-0.15, -0.1) is 0 Å². The smallest absolute Gasteiger partial charge is 0.287 e. The predicted molar refractivity (Wildman–Crippen MR) is 66.9 cm³/mol. The highest BCUT2D eigenvalue weighted by Crippen LogP contribution is 2.04. The summed E-state index contributed by atoms with van der Waals surface area (Å²) in [4.78, 5) is 14.4. The summed E-state index contributed by atoms with van der Waals surface area (Å²) in [5.74, 6) is -0.622. The second kappa shape index (κ2) is 5.27. The number of hydrogen-bond acceptors (Lipinski definition) is 2. The lowest BCUT2D eigenvalue weighted by Gasteiger charge is -2.01. The number of carbonyl (C=O) groups is 1. The van der Waals surface area contributed by atoms with Crippen LogP contribution in [0.3, 0.4) is 0 Å². The molecule has 18 heavy (non-hydrogen) atoms. The fourth-order valence-corrected chi connectivity index (χ4v) is 1.42. The van der Waals surface area contributed by atoms with Crippen LogP contribution in [0.5, 0.6) is 0 Å². The number of aromatic amines is 1. The first-order chi connectivity index (χ1) is 8.66. The number of carbonyl (C=O) groups excluding carboxylic acids is 1. The van der Waals surface area contributed by atoms with Crippen LogP contribution >= 0.6 is 0 Å². The largest absolute Gasteiger partial charge is 0.357 e. The number of H-pyrrole nitrogens is 1. The molecule has 0 spiro atoms. The molecule has 0 atom stereocenters. The first kappa shape index (κ1) is 12.0. The van der Waals surface area contributed by atoms with Crippen LogP contribution in [0.25, 0.3) is 0 Å². The van der Waals surface area contributed by atoms with E-state index in [-0.39, 0.29) is 11.7 Å². The molecular formula is C13H12FN3O. The molecule has 0 aliphatic rings. The number of rotatable bonds is 3. The van der Waals surface area contributed by atoms with Crippen LogP contribution in [-0.4, -0.2) is 16.6 Å². The topological polar surface area (TPSA) is 57.2 Å². The fraction of sp³-hybridized carbons (Fsp3) is 0.0769. The lowest BCUT2D eigenvalue weighted by molar-refractivity contribution is 0.0950. The number of nitrogens with one attached hydrogen (secondary N) is 2. The van der Waals surface area contributed by atoms with Crippen molar-refractivity contribution < 1.29 is 9.18 Å². The molecule has 2 aromatic rings. The van der Waals surface area contributed by atoms with Gasteiger partial charge in [0.25, 0.3) is 5.91 Å². The average molecular weight is 245 g/mol. The van der Waals surface area contributed by atoms with Crippen molar-refractivity contribution in [3.05, 3.63) is 59.7 Å². The minimum absolute atomic E-state index is 0.304. The second-order valence-corrected chi connectivity index (χ2v) is 3.73. The number of halogens is 1. The number of hydrazone groups is 1. The normalized spacial score (nSPS) is 11.3. The predicted octanol–water partition coefficient (Wildman–Crippen LogP) is 2.31. The molecule has 0 unspecified atom stereocenters. The first-order valence-corrected chi connectivity index (χ1v) is 5.41. The zero-order valence-electron chi connectivity index (χ0n) is 9.77. The van der Waals surface area contributed by atoms with Crippen LogP contribution in [0, 0.1) is 5.82 Å². The van der Waals surface area contributed by atoms with Gasteiger partial charge in [0.05, 0.1) is 5.71 Å². The van der Waals surface area contributed by atoms with Gasteiger partial charge < -0.3 is 4.98 Å². The maximum absolute atomic E-state index is 12.7. The third-order valence-corrected chi connectivity index (χ3v) is 2.43. The highest BCUT2D eigenvalue weighted by atomic mass is 19.1. The summed E-state index contributed by atoms with van der Waals surface area (Å²) in [5, 5.41) is 3.95. The van der Waals surface area contributed by atoms with Crippen molar-refractivity contribution in [2.24, 2.45) is 5.10 Å². The van der Waals surface area contributed by atoms with E-state index in [1.807, 2.05) is 0 Å². The molecule has 1 aromatic carbocycles. The van der Waals surface area contributed by atoms with Gasteiger partial charge in [0.1, 0.15) is 11.5 Å². The SMILES string of the molecule is C/C(=N/NC(=O)c1ccc[nH]1)c1ccc(F)cc1. The molecule has 4 nitrogen and oxygen atoms in total.